The molecule has 0 spiro atoms. The number of carbonyl (C=O) groups is 1. The summed E-state index contributed by atoms with van der Waals surface area (Å²) >= 11 is 0. The minimum atomic E-state index is -3.42. The lowest BCUT2D eigenvalue weighted by molar-refractivity contribution is -0.122. The van der Waals surface area contributed by atoms with E-state index >= 15 is 0 Å². The SMILES string of the molecule is C[C@@H]1C[C@@H]1C(=O)NCc1cccc(S(=O)(=O)N2CCCCC2)c1. The summed E-state index contributed by atoms with van der Waals surface area (Å²) < 4.78 is 26.9. The molecule has 1 saturated heterocycles. The van der Waals surface area contributed by atoms with Crippen LogP contribution >= 0.6 is 0 Å². The van der Waals surface area contributed by atoms with Gasteiger partial charge in [-0.1, -0.05) is 25.5 Å². The molecule has 1 amide bonds. The first-order valence-electron chi connectivity index (χ1n) is 8.35. The lowest BCUT2D eigenvalue weighted by Crippen LogP contribution is -2.35. The van der Waals surface area contributed by atoms with E-state index < -0.39 is 10.0 Å². The molecule has 1 saturated carbocycles. The molecule has 126 valence electrons. The highest BCUT2D eigenvalue weighted by atomic mass is 32.2. The highest BCUT2D eigenvalue weighted by molar-refractivity contribution is 7.89. The van der Waals surface area contributed by atoms with E-state index in [1.165, 1.54) is 0 Å². The van der Waals surface area contributed by atoms with Crippen LogP contribution in [0.4, 0.5) is 0 Å². The minimum absolute atomic E-state index is 0.0711. The molecule has 0 unspecified atom stereocenters. The number of rotatable bonds is 5. The molecule has 1 aromatic rings. The predicted octanol–water partition coefficient (Wildman–Crippen LogP) is 2.13. The number of hydrogen-bond acceptors (Lipinski definition) is 3. The number of piperidine rings is 1. The fraction of sp³-hybridized carbons (Fsp3) is 0.588. The van der Waals surface area contributed by atoms with Gasteiger partial charge in [0, 0.05) is 25.6 Å². The third-order valence-electron chi connectivity index (χ3n) is 4.76. The highest BCUT2D eigenvalue weighted by Crippen LogP contribution is 2.37. The van der Waals surface area contributed by atoms with E-state index in [-0.39, 0.29) is 11.8 Å². The summed E-state index contributed by atoms with van der Waals surface area (Å²) in [6.45, 7) is 3.65. The second kappa shape index (κ2) is 6.61. The van der Waals surface area contributed by atoms with Gasteiger partial charge in [-0.15, -0.1) is 0 Å². The van der Waals surface area contributed by atoms with Crippen LogP contribution < -0.4 is 5.32 Å². The second-order valence-electron chi connectivity index (χ2n) is 6.65. The fourth-order valence-corrected chi connectivity index (χ4v) is 4.67. The monoisotopic (exact) mass is 336 g/mol. The third-order valence-corrected chi connectivity index (χ3v) is 6.66. The number of carbonyl (C=O) groups excluding carboxylic acids is 1. The molecule has 2 atom stereocenters. The second-order valence-corrected chi connectivity index (χ2v) is 8.59. The van der Waals surface area contributed by atoms with Crippen molar-refractivity contribution >= 4 is 15.9 Å². The van der Waals surface area contributed by atoms with Crippen LogP contribution in [0.15, 0.2) is 29.2 Å². The van der Waals surface area contributed by atoms with Crippen molar-refractivity contribution in [1.29, 1.82) is 0 Å². The molecule has 0 bridgehead atoms. The molecular formula is C17H24N2O3S. The van der Waals surface area contributed by atoms with Gasteiger partial charge in [-0.3, -0.25) is 4.79 Å². The smallest absolute Gasteiger partial charge is 0.243 e. The zero-order chi connectivity index (χ0) is 16.4. The Labute approximate surface area is 138 Å². The van der Waals surface area contributed by atoms with Crippen LogP contribution in [0.3, 0.4) is 0 Å². The van der Waals surface area contributed by atoms with Crippen LogP contribution in [0.25, 0.3) is 0 Å². The molecule has 1 N–H and O–H groups in total. The Hall–Kier alpha value is -1.40. The lowest BCUT2D eigenvalue weighted by Gasteiger charge is -2.26. The van der Waals surface area contributed by atoms with Gasteiger partial charge >= 0.3 is 0 Å². The molecule has 5 nitrogen and oxygen atoms in total. The average Bonchev–Trinajstić information content (AvgIpc) is 3.31. The fourth-order valence-electron chi connectivity index (χ4n) is 3.08. The molecule has 1 aliphatic carbocycles. The maximum Gasteiger partial charge on any atom is 0.243 e. The molecule has 6 heteroatoms. The van der Waals surface area contributed by atoms with Crippen molar-refractivity contribution in [2.45, 2.75) is 44.0 Å². The molecule has 1 aliphatic heterocycles. The van der Waals surface area contributed by atoms with E-state index in [0.29, 0.717) is 30.4 Å². The molecular weight excluding hydrogens is 312 g/mol. The molecule has 3 rings (SSSR count). The average molecular weight is 336 g/mol. The zero-order valence-electron chi connectivity index (χ0n) is 13.5. The topological polar surface area (TPSA) is 66.5 Å². The van der Waals surface area contributed by atoms with E-state index in [0.717, 1.165) is 31.2 Å². The maximum absolute atomic E-state index is 12.7. The van der Waals surface area contributed by atoms with Crippen LogP contribution in [-0.2, 0) is 21.4 Å². The van der Waals surface area contributed by atoms with E-state index in [1.54, 1.807) is 22.5 Å². The first-order valence-corrected chi connectivity index (χ1v) is 9.79. The highest BCUT2D eigenvalue weighted by Gasteiger charge is 2.38. The first kappa shape index (κ1) is 16.5. The molecule has 2 fully saturated rings. The van der Waals surface area contributed by atoms with Crippen LogP contribution in [0, 0.1) is 11.8 Å². The molecule has 2 aliphatic rings. The number of sulfonamides is 1. The summed E-state index contributed by atoms with van der Waals surface area (Å²) in [6.07, 6.45) is 3.90. The van der Waals surface area contributed by atoms with Gasteiger partial charge in [-0.05, 0) is 42.9 Å². The van der Waals surface area contributed by atoms with Gasteiger partial charge in [0.25, 0.3) is 0 Å². The van der Waals surface area contributed by atoms with Crippen molar-refractivity contribution in [1.82, 2.24) is 9.62 Å². The van der Waals surface area contributed by atoms with Gasteiger partial charge in [0.2, 0.25) is 15.9 Å². The van der Waals surface area contributed by atoms with E-state index in [9.17, 15) is 13.2 Å². The summed E-state index contributed by atoms with van der Waals surface area (Å²) in [6, 6.07) is 6.92. The zero-order valence-corrected chi connectivity index (χ0v) is 14.3. The van der Waals surface area contributed by atoms with Gasteiger partial charge in [-0.2, -0.15) is 4.31 Å². The van der Waals surface area contributed by atoms with Crippen molar-refractivity contribution in [2.24, 2.45) is 11.8 Å². The van der Waals surface area contributed by atoms with Crippen LogP contribution in [-0.4, -0.2) is 31.7 Å². The Balaban J connectivity index is 1.67. The Bertz CT molecular complexity index is 681. The summed E-state index contributed by atoms with van der Waals surface area (Å²) in [5.41, 5.74) is 0.824. The lowest BCUT2D eigenvalue weighted by atomic mass is 10.2. The van der Waals surface area contributed by atoms with Crippen LogP contribution in [0.1, 0.15) is 38.2 Å². The maximum atomic E-state index is 12.7. The molecule has 0 radical (unpaired) electrons. The number of nitrogens with zero attached hydrogens (tertiary/aromatic N) is 1. The molecule has 1 aromatic carbocycles. The summed E-state index contributed by atoms with van der Waals surface area (Å²) in [5, 5.41) is 2.90. The summed E-state index contributed by atoms with van der Waals surface area (Å²) in [5.74, 6) is 0.679. The molecule has 23 heavy (non-hydrogen) atoms. The number of hydrogen-bond donors (Lipinski definition) is 1. The van der Waals surface area contributed by atoms with Gasteiger partial charge in [0.05, 0.1) is 4.90 Å². The van der Waals surface area contributed by atoms with Gasteiger partial charge in [0.1, 0.15) is 0 Å². The van der Waals surface area contributed by atoms with Crippen molar-refractivity contribution in [3.63, 3.8) is 0 Å². The molecule has 0 aromatic heterocycles. The number of nitrogens with one attached hydrogen (secondary N) is 1. The Kier molecular flexibility index (Phi) is 4.73. The van der Waals surface area contributed by atoms with E-state index in [1.807, 2.05) is 6.07 Å². The largest absolute Gasteiger partial charge is 0.352 e. The van der Waals surface area contributed by atoms with Crippen molar-refractivity contribution in [3.05, 3.63) is 29.8 Å². The Morgan fingerprint density at radius 2 is 1.96 bits per heavy atom. The summed E-state index contributed by atoms with van der Waals surface area (Å²) in [7, 11) is -3.42. The van der Waals surface area contributed by atoms with Gasteiger partial charge < -0.3 is 5.32 Å². The van der Waals surface area contributed by atoms with Gasteiger partial charge in [0.15, 0.2) is 0 Å². The van der Waals surface area contributed by atoms with Crippen molar-refractivity contribution in [2.75, 3.05) is 13.1 Å². The van der Waals surface area contributed by atoms with Crippen LogP contribution in [0.5, 0.6) is 0 Å². The number of benzene rings is 1. The quantitative estimate of drug-likeness (QED) is 0.896. The normalized spacial score (nSPS) is 25.1. The third kappa shape index (κ3) is 3.75. The molecule has 1 heterocycles. The number of amides is 1. The Morgan fingerprint density at radius 3 is 2.61 bits per heavy atom. The van der Waals surface area contributed by atoms with Crippen molar-refractivity contribution in [3.8, 4) is 0 Å². The summed E-state index contributed by atoms with van der Waals surface area (Å²) in [4.78, 5) is 12.2. The van der Waals surface area contributed by atoms with Crippen molar-refractivity contribution < 1.29 is 13.2 Å². The minimum Gasteiger partial charge on any atom is -0.352 e. The van der Waals surface area contributed by atoms with Crippen LogP contribution in [0.2, 0.25) is 0 Å². The van der Waals surface area contributed by atoms with E-state index in [4.69, 9.17) is 0 Å². The van der Waals surface area contributed by atoms with Gasteiger partial charge in [-0.25, -0.2) is 8.42 Å². The first-order chi connectivity index (χ1) is 11.0. The standard InChI is InChI=1S/C17H24N2O3S/c1-13-10-16(13)17(20)18-12-14-6-5-7-15(11-14)23(21,22)19-8-3-2-4-9-19/h5-7,11,13,16H,2-4,8-10,12H2,1H3,(H,18,20)/t13-,16+/m1/s1. The Morgan fingerprint density at radius 1 is 1.26 bits per heavy atom. The van der Waals surface area contributed by atoms with E-state index in [2.05, 4.69) is 12.2 Å². The predicted molar refractivity (Wildman–Crippen MR) is 88.2 cm³/mol.